The second-order valence-electron chi connectivity index (χ2n) is 5.43. The molecule has 1 N–H and O–H groups in total. The Morgan fingerprint density at radius 1 is 1.53 bits per heavy atom. The van der Waals surface area contributed by atoms with Crippen LogP contribution in [-0.4, -0.2) is 16.8 Å². The van der Waals surface area contributed by atoms with E-state index >= 15 is 0 Å². The lowest BCUT2D eigenvalue weighted by molar-refractivity contribution is 0.386. The van der Waals surface area contributed by atoms with E-state index in [0.717, 1.165) is 23.7 Å². The van der Waals surface area contributed by atoms with Crippen molar-refractivity contribution in [2.45, 2.75) is 54.8 Å². The number of nitrogens with zero attached hydrogens (tertiary/aromatic N) is 1. The van der Waals surface area contributed by atoms with Crippen LogP contribution in [0.5, 0.6) is 0 Å². The van der Waals surface area contributed by atoms with Gasteiger partial charge in [-0.2, -0.15) is 5.26 Å². The summed E-state index contributed by atoms with van der Waals surface area (Å²) < 4.78 is 1.11. The second kappa shape index (κ2) is 6.30. The molecule has 0 amide bonds. The fourth-order valence-electron chi connectivity index (χ4n) is 2.65. The van der Waals surface area contributed by atoms with Crippen LogP contribution in [-0.2, 0) is 0 Å². The highest BCUT2D eigenvalue weighted by Crippen LogP contribution is 2.40. The number of thioether (sulfide) groups is 1. The first-order chi connectivity index (χ1) is 9.03. The molecule has 1 aliphatic rings. The molecule has 0 radical (unpaired) electrons. The van der Waals surface area contributed by atoms with Gasteiger partial charge in [0, 0.05) is 20.7 Å². The predicted molar refractivity (Wildman–Crippen MR) is 84.3 cm³/mol. The Balaban J connectivity index is 2.00. The monoisotopic (exact) mass is 338 g/mol. The highest BCUT2D eigenvalue weighted by atomic mass is 79.9. The molecule has 0 aromatic heterocycles. The quantitative estimate of drug-likeness (QED) is 0.886. The van der Waals surface area contributed by atoms with Gasteiger partial charge in [0.25, 0.3) is 0 Å². The Morgan fingerprint density at radius 3 is 2.95 bits per heavy atom. The molecule has 2 nitrogen and oxygen atoms in total. The van der Waals surface area contributed by atoms with E-state index in [9.17, 15) is 5.26 Å². The lowest BCUT2D eigenvalue weighted by atomic mass is 9.99. The van der Waals surface area contributed by atoms with E-state index in [1.807, 2.05) is 17.8 Å². The number of hydrogen-bond acceptors (Lipinski definition) is 3. The molecule has 1 fully saturated rings. The first kappa shape index (κ1) is 14.9. The Kier molecular flexibility index (Phi) is 4.94. The van der Waals surface area contributed by atoms with Crippen LogP contribution in [0.3, 0.4) is 0 Å². The van der Waals surface area contributed by atoms with Gasteiger partial charge < -0.3 is 0 Å². The van der Waals surface area contributed by atoms with Crippen LogP contribution in [0.15, 0.2) is 33.6 Å². The van der Waals surface area contributed by atoms with E-state index in [1.54, 1.807) is 0 Å². The van der Waals surface area contributed by atoms with Crippen LogP contribution < -0.4 is 5.32 Å². The number of rotatable bonds is 4. The zero-order valence-corrected chi connectivity index (χ0v) is 13.7. The molecule has 4 heteroatoms. The van der Waals surface area contributed by atoms with Crippen LogP contribution in [0.25, 0.3) is 0 Å². The van der Waals surface area contributed by atoms with Gasteiger partial charge in [-0.25, -0.2) is 0 Å². The number of halogens is 1. The molecule has 1 aliphatic carbocycles. The first-order valence-corrected chi connectivity index (χ1v) is 8.31. The molecule has 2 atom stereocenters. The van der Waals surface area contributed by atoms with Crippen molar-refractivity contribution in [3.63, 3.8) is 0 Å². The summed E-state index contributed by atoms with van der Waals surface area (Å²) in [5, 5.41) is 13.4. The minimum Gasteiger partial charge on any atom is -0.297 e. The fraction of sp³-hybridized carbons (Fsp3) is 0.533. The molecule has 0 aliphatic heterocycles. The summed E-state index contributed by atoms with van der Waals surface area (Å²) in [5.41, 5.74) is -0.322. The molecule has 19 heavy (non-hydrogen) atoms. The van der Waals surface area contributed by atoms with Crippen LogP contribution in [0.1, 0.15) is 33.1 Å². The highest BCUT2D eigenvalue weighted by molar-refractivity contribution is 9.10. The van der Waals surface area contributed by atoms with E-state index in [0.29, 0.717) is 11.3 Å². The maximum absolute atomic E-state index is 9.46. The third-order valence-electron chi connectivity index (χ3n) is 3.35. The molecular weight excluding hydrogens is 320 g/mol. The lowest BCUT2D eigenvalue weighted by Gasteiger charge is -2.25. The summed E-state index contributed by atoms with van der Waals surface area (Å²) in [6, 6.07) is 11.2. The van der Waals surface area contributed by atoms with Gasteiger partial charge in [0.1, 0.15) is 5.54 Å². The van der Waals surface area contributed by atoms with Crippen LogP contribution in [0.4, 0.5) is 0 Å². The molecule has 0 saturated heterocycles. The van der Waals surface area contributed by atoms with Crippen molar-refractivity contribution in [2.24, 2.45) is 0 Å². The van der Waals surface area contributed by atoms with Gasteiger partial charge in [0.15, 0.2) is 0 Å². The Labute approximate surface area is 128 Å². The largest absolute Gasteiger partial charge is 0.297 e. The maximum Gasteiger partial charge on any atom is 0.108 e. The molecule has 102 valence electrons. The van der Waals surface area contributed by atoms with Crippen molar-refractivity contribution in [3.8, 4) is 6.07 Å². The molecule has 0 heterocycles. The van der Waals surface area contributed by atoms with Crippen LogP contribution in [0, 0.1) is 11.3 Å². The molecule has 0 spiro atoms. The summed E-state index contributed by atoms with van der Waals surface area (Å²) in [4.78, 5) is 1.28. The zero-order valence-electron chi connectivity index (χ0n) is 11.3. The molecule has 2 rings (SSSR count). The molecule has 1 aromatic rings. The highest BCUT2D eigenvalue weighted by Gasteiger charge is 2.40. The van der Waals surface area contributed by atoms with Crippen LogP contribution >= 0.6 is 27.7 Å². The van der Waals surface area contributed by atoms with Gasteiger partial charge >= 0.3 is 0 Å². The summed E-state index contributed by atoms with van der Waals surface area (Å²) in [6.07, 6.45) is 2.98. The second-order valence-corrected chi connectivity index (χ2v) is 7.72. The average molecular weight is 339 g/mol. The van der Waals surface area contributed by atoms with Crippen LogP contribution in [0.2, 0.25) is 0 Å². The SMILES string of the molecule is CC(C)NC1(C#N)CCC(Sc2cccc(Br)c2)C1. The third kappa shape index (κ3) is 3.98. The molecular formula is C15H19BrN2S. The number of nitriles is 1. The Hall–Kier alpha value is -0.500. The van der Waals surface area contributed by atoms with Gasteiger partial charge in [0.05, 0.1) is 6.07 Å². The normalized spacial score (nSPS) is 26.6. The van der Waals surface area contributed by atoms with Gasteiger partial charge in [0.2, 0.25) is 0 Å². The Bertz CT molecular complexity index is 483. The van der Waals surface area contributed by atoms with Crippen molar-refractivity contribution in [2.75, 3.05) is 0 Å². The zero-order chi connectivity index (χ0) is 13.9. The van der Waals surface area contributed by atoms with E-state index in [4.69, 9.17) is 0 Å². The van der Waals surface area contributed by atoms with E-state index in [1.165, 1.54) is 4.90 Å². The van der Waals surface area contributed by atoms with Crippen molar-refractivity contribution in [1.29, 1.82) is 5.26 Å². The van der Waals surface area contributed by atoms with Gasteiger partial charge in [-0.15, -0.1) is 11.8 Å². The summed E-state index contributed by atoms with van der Waals surface area (Å²) >= 11 is 5.39. The molecule has 0 bridgehead atoms. The first-order valence-electron chi connectivity index (χ1n) is 6.64. The Morgan fingerprint density at radius 2 is 2.32 bits per heavy atom. The van der Waals surface area contributed by atoms with E-state index in [-0.39, 0.29) is 5.54 Å². The summed E-state index contributed by atoms with van der Waals surface area (Å²) in [7, 11) is 0. The van der Waals surface area contributed by atoms with E-state index < -0.39 is 0 Å². The number of hydrogen-bond donors (Lipinski definition) is 1. The number of benzene rings is 1. The summed E-state index contributed by atoms with van der Waals surface area (Å²) in [6.45, 7) is 4.21. The fourth-order valence-corrected chi connectivity index (χ4v) is 4.54. The minimum atomic E-state index is -0.322. The maximum atomic E-state index is 9.46. The van der Waals surface area contributed by atoms with Gasteiger partial charge in [-0.05, 0) is 51.3 Å². The third-order valence-corrected chi connectivity index (χ3v) is 5.10. The van der Waals surface area contributed by atoms with Gasteiger partial charge in [-0.3, -0.25) is 5.32 Å². The molecule has 1 aromatic carbocycles. The minimum absolute atomic E-state index is 0.322. The van der Waals surface area contributed by atoms with Crippen molar-refractivity contribution < 1.29 is 0 Å². The standard InChI is InChI=1S/C15H19BrN2S/c1-11(2)18-15(10-17)7-6-14(9-15)19-13-5-3-4-12(16)8-13/h3-5,8,11,14,18H,6-7,9H2,1-2H3. The number of nitrogens with one attached hydrogen (secondary N) is 1. The topological polar surface area (TPSA) is 35.8 Å². The molecule has 1 saturated carbocycles. The smallest absolute Gasteiger partial charge is 0.108 e. The summed E-state index contributed by atoms with van der Waals surface area (Å²) in [5.74, 6) is 0. The van der Waals surface area contributed by atoms with Crippen molar-refractivity contribution in [1.82, 2.24) is 5.32 Å². The average Bonchev–Trinajstić information content (AvgIpc) is 2.72. The van der Waals surface area contributed by atoms with Gasteiger partial charge in [-0.1, -0.05) is 22.0 Å². The van der Waals surface area contributed by atoms with Crippen molar-refractivity contribution >= 4 is 27.7 Å². The van der Waals surface area contributed by atoms with E-state index in [2.05, 4.69) is 59.4 Å². The lowest BCUT2D eigenvalue weighted by Crippen LogP contribution is -2.45. The molecule has 2 unspecified atom stereocenters. The predicted octanol–water partition coefficient (Wildman–Crippen LogP) is 4.35. The van der Waals surface area contributed by atoms with Crippen molar-refractivity contribution in [3.05, 3.63) is 28.7 Å².